The number of hydrogen-bond acceptors (Lipinski definition) is 4. The largest absolute Gasteiger partial charge is 0.507 e. The summed E-state index contributed by atoms with van der Waals surface area (Å²) in [5.74, 6) is 0.263. The van der Waals surface area contributed by atoms with Crippen LogP contribution < -0.4 is 10.2 Å². The molecule has 24 heavy (non-hydrogen) atoms. The lowest BCUT2D eigenvalue weighted by molar-refractivity contribution is 0.0952. The van der Waals surface area contributed by atoms with E-state index in [0.717, 1.165) is 22.1 Å². The molecule has 0 heterocycles. The second kappa shape index (κ2) is 6.83. The van der Waals surface area contributed by atoms with Gasteiger partial charge in [0.2, 0.25) is 0 Å². The van der Waals surface area contributed by atoms with Gasteiger partial charge in [0.05, 0.1) is 18.9 Å². The van der Waals surface area contributed by atoms with Gasteiger partial charge in [0.15, 0.2) is 0 Å². The van der Waals surface area contributed by atoms with Crippen molar-refractivity contribution in [2.45, 2.75) is 0 Å². The van der Waals surface area contributed by atoms with E-state index in [1.54, 1.807) is 25.5 Å². The molecule has 0 radical (unpaired) electrons. The molecule has 2 N–H and O–H groups in total. The number of amides is 1. The Morgan fingerprint density at radius 2 is 1.83 bits per heavy atom. The predicted molar refractivity (Wildman–Crippen MR) is 93.7 cm³/mol. The minimum atomic E-state index is -0.463. The van der Waals surface area contributed by atoms with Gasteiger partial charge in [-0.15, -0.1) is 0 Å². The third-order valence-electron chi connectivity index (χ3n) is 3.60. The Balaban J connectivity index is 1.73. The molecular formula is C19H16N2O3. The van der Waals surface area contributed by atoms with E-state index >= 15 is 0 Å². The van der Waals surface area contributed by atoms with Gasteiger partial charge in [0, 0.05) is 0 Å². The van der Waals surface area contributed by atoms with Gasteiger partial charge in [-0.2, -0.15) is 5.10 Å². The molecule has 120 valence electrons. The van der Waals surface area contributed by atoms with Crippen LogP contribution in [0.1, 0.15) is 15.9 Å². The van der Waals surface area contributed by atoms with Crippen molar-refractivity contribution in [3.05, 3.63) is 71.8 Å². The number of ether oxygens (including phenoxy) is 1. The van der Waals surface area contributed by atoms with Crippen LogP contribution >= 0.6 is 0 Å². The number of hydrogen-bond donors (Lipinski definition) is 2. The van der Waals surface area contributed by atoms with Gasteiger partial charge in [0.1, 0.15) is 11.5 Å². The summed E-state index contributed by atoms with van der Waals surface area (Å²) in [5, 5.41) is 15.7. The molecule has 0 aliphatic carbocycles. The number of benzene rings is 3. The van der Waals surface area contributed by atoms with Crippen molar-refractivity contribution in [3.63, 3.8) is 0 Å². The van der Waals surface area contributed by atoms with Gasteiger partial charge in [-0.25, -0.2) is 5.43 Å². The van der Waals surface area contributed by atoms with Gasteiger partial charge in [-0.05, 0) is 46.7 Å². The molecule has 5 heteroatoms. The molecule has 0 saturated heterocycles. The van der Waals surface area contributed by atoms with Crippen LogP contribution in [0.2, 0.25) is 0 Å². The smallest absolute Gasteiger partial charge is 0.275 e. The van der Waals surface area contributed by atoms with E-state index < -0.39 is 5.91 Å². The van der Waals surface area contributed by atoms with E-state index in [4.69, 9.17) is 4.74 Å². The molecule has 0 fully saturated rings. The summed E-state index contributed by atoms with van der Waals surface area (Å²) in [4.78, 5) is 11.9. The molecule has 0 aliphatic rings. The molecule has 0 spiro atoms. The first-order chi connectivity index (χ1) is 11.7. The number of aromatic hydroxyl groups is 1. The number of nitrogens with one attached hydrogen (secondary N) is 1. The first-order valence-corrected chi connectivity index (χ1v) is 7.36. The minimum Gasteiger partial charge on any atom is -0.507 e. The second-order valence-electron chi connectivity index (χ2n) is 5.19. The fourth-order valence-electron chi connectivity index (χ4n) is 2.34. The van der Waals surface area contributed by atoms with Crippen molar-refractivity contribution in [2.24, 2.45) is 5.10 Å². The highest BCUT2D eigenvalue weighted by molar-refractivity contribution is 5.97. The van der Waals surface area contributed by atoms with E-state index in [0.29, 0.717) is 0 Å². The van der Waals surface area contributed by atoms with Crippen molar-refractivity contribution in [3.8, 4) is 11.5 Å². The second-order valence-corrected chi connectivity index (χ2v) is 5.19. The molecule has 5 nitrogen and oxygen atoms in total. The van der Waals surface area contributed by atoms with Gasteiger partial charge >= 0.3 is 0 Å². The zero-order chi connectivity index (χ0) is 16.9. The van der Waals surface area contributed by atoms with Gasteiger partial charge < -0.3 is 9.84 Å². The number of hydrazone groups is 1. The average Bonchev–Trinajstić information content (AvgIpc) is 2.61. The number of fused-ring (bicyclic) bond motifs is 1. The van der Waals surface area contributed by atoms with E-state index in [1.165, 1.54) is 12.1 Å². The Hall–Kier alpha value is -3.34. The Morgan fingerprint density at radius 1 is 1.08 bits per heavy atom. The van der Waals surface area contributed by atoms with Crippen LogP contribution in [0, 0.1) is 0 Å². The Bertz CT molecular complexity index is 919. The lowest BCUT2D eigenvalue weighted by Crippen LogP contribution is -2.17. The quantitative estimate of drug-likeness (QED) is 0.572. The van der Waals surface area contributed by atoms with Crippen molar-refractivity contribution < 1.29 is 14.6 Å². The van der Waals surface area contributed by atoms with Crippen LogP contribution in [0.25, 0.3) is 10.8 Å². The minimum absolute atomic E-state index is 0.0788. The number of phenolic OH excluding ortho intramolecular Hbond substituents is 1. The third kappa shape index (κ3) is 3.35. The maximum atomic E-state index is 11.9. The van der Waals surface area contributed by atoms with Crippen LogP contribution in [0.15, 0.2) is 65.8 Å². The number of methoxy groups -OCH3 is 1. The highest BCUT2D eigenvalue weighted by atomic mass is 16.5. The standard InChI is InChI=1S/C19H16N2O3/c1-24-16-9-8-14-10-13(6-7-15(14)11-16)12-20-21-19(23)17-4-2-3-5-18(17)22/h2-12,22H,1H3,(H,21,23). The van der Waals surface area contributed by atoms with Crippen molar-refractivity contribution >= 4 is 22.9 Å². The SMILES string of the molecule is COc1ccc2cc(C=NNC(=O)c3ccccc3O)ccc2c1. The van der Waals surface area contributed by atoms with Crippen LogP contribution in [0.4, 0.5) is 0 Å². The molecule has 3 rings (SSSR count). The molecule has 1 amide bonds. The summed E-state index contributed by atoms with van der Waals surface area (Å²) in [5.41, 5.74) is 3.44. The number of carbonyl (C=O) groups is 1. The molecule has 0 aliphatic heterocycles. The molecule has 0 saturated carbocycles. The van der Waals surface area contributed by atoms with Crippen LogP contribution in [-0.4, -0.2) is 24.3 Å². The first kappa shape index (κ1) is 15.6. The normalized spacial score (nSPS) is 10.9. The predicted octanol–water partition coefficient (Wildman–Crippen LogP) is 3.32. The van der Waals surface area contributed by atoms with E-state index in [-0.39, 0.29) is 11.3 Å². The summed E-state index contributed by atoms with van der Waals surface area (Å²) in [6.07, 6.45) is 1.56. The van der Waals surface area contributed by atoms with Crippen LogP contribution in [0.5, 0.6) is 11.5 Å². The van der Waals surface area contributed by atoms with Crippen molar-refractivity contribution in [2.75, 3.05) is 7.11 Å². The molecular weight excluding hydrogens is 304 g/mol. The van der Waals surface area contributed by atoms with E-state index in [9.17, 15) is 9.90 Å². The zero-order valence-electron chi connectivity index (χ0n) is 13.1. The number of carbonyl (C=O) groups excluding carboxylic acids is 1. The number of rotatable bonds is 4. The maximum Gasteiger partial charge on any atom is 0.275 e. The topological polar surface area (TPSA) is 70.9 Å². The summed E-state index contributed by atoms with van der Waals surface area (Å²) in [7, 11) is 1.63. The van der Waals surface area contributed by atoms with Crippen LogP contribution in [0.3, 0.4) is 0 Å². The fourth-order valence-corrected chi connectivity index (χ4v) is 2.34. The molecule has 0 unspecified atom stereocenters. The highest BCUT2D eigenvalue weighted by Gasteiger charge is 2.08. The van der Waals surface area contributed by atoms with E-state index in [1.807, 2.05) is 36.4 Å². The summed E-state index contributed by atoms with van der Waals surface area (Å²) in [6, 6.07) is 18.0. The first-order valence-electron chi connectivity index (χ1n) is 7.36. The van der Waals surface area contributed by atoms with Gasteiger partial charge in [0.25, 0.3) is 5.91 Å². The zero-order valence-corrected chi connectivity index (χ0v) is 13.1. The van der Waals surface area contributed by atoms with Crippen molar-refractivity contribution in [1.29, 1.82) is 0 Å². The molecule has 0 atom stereocenters. The number of nitrogens with zero attached hydrogens (tertiary/aromatic N) is 1. The van der Waals surface area contributed by atoms with Crippen molar-refractivity contribution in [1.82, 2.24) is 5.43 Å². The Kier molecular flexibility index (Phi) is 4.43. The lowest BCUT2D eigenvalue weighted by atomic mass is 10.1. The highest BCUT2D eigenvalue weighted by Crippen LogP contribution is 2.21. The maximum absolute atomic E-state index is 11.9. The summed E-state index contributed by atoms with van der Waals surface area (Å²) >= 11 is 0. The fraction of sp³-hybridized carbons (Fsp3) is 0.0526. The monoisotopic (exact) mass is 320 g/mol. The average molecular weight is 320 g/mol. The van der Waals surface area contributed by atoms with Gasteiger partial charge in [-0.1, -0.05) is 30.3 Å². The summed E-state index contributed by atoms with van der Waals surface area (Å²) < 4.78 is 5.20. The Morgan fingerprint density at radius 3 is 2.62 bits per heavy atom. The van der Waals surface area contributed by atoms with Crippen LogP contribution in [-0.2, 0) is 0 Å². The number of phenols is 1. The lowest BCUT2D eigenvalue weighted by Gasteiger charge is -2.04. The molecule has 3 aromatic carbocycles. The molecule has 0 bridgehead atoms. The van der Waals surface area contributed by atoms with Gasteiger partial charge in [-0.3, -0.25) is 4.79 Å². The number of para-hydroxylation sites is 1. The summed E-state index contributed by atoms with van der Waals surface area (Å²) in [6.45, 7) is 0. The van der Waals surface area contributed by atoms with E-state index in [2.05, 4.69) is 10.5 Å². The Labute approximate surface area is 139 Å². The molecule has 0 aromatic heterocycles. The molecule has 3 aromatic rings. The third-order valence-corrected chi connectivity index (χ3v) is 3.60.